The fourth-order valence-corrected chi connectivity index (χ4v) is 1.76. The van der Waals surface area contributed by atoms with Crippen LogP contribution in [0.25, 0.3) is 0 Å². The number of hydrazine groups is 1. The number of ether oxygens (including phenoxy) is 1. The number of aliphatic hydroxyl groups excluding tert-OH is 4. The van der Waals surface area contributed by atoms with Crippen molar-refractivity contribution >= 4 is 0 Å². The molecule has 0 spiro atoms. The summed E-state index contributed by atoms with van der Waals surface area (Å²) in [5.41, 5.74) is 0. The molecule has 0 aromatic carbocycles. The van der Waals surface area contributed by atoms with Gasteiger partial charge in [0.15, 0.2) is 0 Å². The van der Waals surface area contributed by atoms with Crippen LogP contribution in [0.5, 0.6) is 0 Å². The summed E-state index contributed by atoms with van der Waals surface area (Å²) in [5, 5.41) is 53.7. The van der Waals surface area contributed by atoms with Crippen molar-refractivity contribution in [3.8, 4) is 0 Å². The minimum Gasteiger partial charge on any atom is -0.569 e. The summed E-state index contributed by atoms with van der Waals surface area (Å²) < 4.78 is 5.02. The van der Waals surface area contributed by atoms with Gasteiger partial charge in [-0.15, -0.1) is 5.01 Å². The summed E-state index contributed by atoms with van der Waals surface area (Å²) in [7, 11) is 0. The number of hydrogen-bond acceptors (Lipinski definition) is 8. The minimum absolute atomic E-state index is 0.196. The van der Waals surface area contributed by atoms with E-state index in [1.807, 2.05) is 0 Å². The van der Waals surface area contributed by atoms with Crippen molar-refractivity contribution in [2.75, 3.05) is 19.7 Å². The Bertz CT molecular complexity index is 324. The average Bonchev–Trinajstić information content (AvgIpc) is 2.45. The first kappa shape index (κ1) is 16.9. The molecule has 5 atom stereocenters. The molecule has 1 rings (SSSR count). The van der Waals surface area contributed by atoms with Gasteiger partial charge in [0.1, 0.15) is 24.4 Å². The second-order valence-electron chi connectivity index (χ2n) is 4.28. The van der Waals surface area contributed by atoms with Gasteiger partial charge >= 0.3 is 0 Å². The third-order valence-corrected chi connectivity index (χ3v) is 3.04. The summed E-state index contributed by atoms with van der Waals surface area (Å²) in [5.74, 6) is 0. The normalized spacial score (nSPS) is 34.9. The van der Waals surface area contributed by atoms with Crippen LogP contribution in [0.1, 0.15) is 13.8 Å². The van der Waals surface area contributed by atoms with Crippen LogP contribution in [-0.2, 0) is 9.57 Å². The Hall–Kier alpha value is -1.20. The lowest BCUT2D eigenvalue weighted by Crippen LogP contribution is -2.58. The standard InChI is InChI=1S/C10H21N3O7/c1-3-12(4-2)13(18)11-20-10-9(17)8(16)7(15)6(5-14)19-10/h6-10,14-17H,3-5H2,1-2H3/b13-11-/t6-,7-,8+,9-,10+/m1/s1. The van der Waals surface area contributed by atoms with E-state index in [1.165, 1.54) is 5.01 Å². The topological polar surface area (TPSA) is 141 Å². The van der Waals surface area contributed by atoms with E-state index in [1.54, 1.807) is 13.8 Å². The number of nitrogens with zero attached hydrogens (tertiary/aromatic N) is 3. The molecular weight excluding hydrogens is 274 g/mol. The highest BCUT2D eigenvalue weighted by molar-refractivity contribution is 4.88. The van der Waals surface area contributed by atoms with Crippen LogP contribution in [0.2, 0.25) is 0 Å². The maximum atomic E-state index is 11.5. The van der Waals surface area contributed by atoms with Crippen LogP contribution in [0.4, 0.5) is 0 Å². The van der Waals surface area contributed by atoms with Crippen LogP contribution < -0.4 is 0 Å². The highest BCUT2D eigenvalue weighted by Crippen LogP contribution is 2.22. The van der Waals surface area contributed by atoms with Gasteiger partial charge in [-0.1, -0.05) is 0 Å². The van der Waals surface area contributed by atoms with Gasteiger partial charge < -0.3 is 35.2 Å². The average molecular weight is 295 g/mol. The van der Waals surface area contributed by atoms with E-state index in [0.29, 0.717) is 13.1 Å². The zero-order valence-electron chi connectivity index (χ0n) is 11.4. The molecule has 1 aliphatic rings. The van der Waals surface area contributed by atoms with E-state index >= 15 is 0 Å². The molecule has 0 bridgehead atoms. The minimum atomic E-state index is -1.60. The molecule has 20 heavy (non-hydrogen) atoms. The molecule has 0 unspecified atom stereocenters. The summed E-state index contributed by atoms with van der Waals surface area (Å²) in [6.45, 7) is 3.72. The van der Waals surface area contributed by atoms with Crippen LogP contribution >= 0.6 is 0 Å². The van der Waals surface area contributed by atoms with E-state index in [9.17, 15) is 20.5 Å². The van der Waals surface area contributed by atoms with Gasteiger partial charge in [-0.2, -0.15) is 0 Å². The molecule has 0 aromatic rings. The van der Waals surface area contributed by atoms with Crippen molar-refractivity contribution in [1.29, 1.82) is 0 Å². The van der Waals surface area contributed by atoms with Gasteiger partial charge in [0.2, 0.25) is 5.28 Å². The number of rotatable bonds is 6. The van der Waals surface area contributed by atoms with Crippen LogP contribution in [-0.4, -0.2) is 80.8 Å². The molecule has 10 heteroatoms. The Balaban J connectivity index is 2.68. The van der Waals surface area contributed by atoms with Gasteiger partial charge in [0, 0.05) is 0 Å². The summed E-state index contributed by atoms with van der Waals surface area (Å²) in [6, 6.07) is 0. The molecule has 10 nitrogen and oxygen atoms in total. The fraction of sp³-hybridized carbons (Fsp3) is 1.00. The van der Waals surface area contributed by atoms with Crippen molar-refractivity contribution in [1.82, 2.24) is 5.01 Å². The Labute approximate surface area is 116 Å². The quantitative estimate of drug-likeness (QED) is 0.249. The van der Waals surface area contributed by atoms with Gasteiger partial charge in [-0.3, -0.25) is 0 Å². The zero-order valence-corrected chi connectivity index (χ0v) is 11.4. The second kappa shape index (κ2) is 7.55. The zero-order chi connectivity index (χ0) is 15.3. The Morgan fingerprint density at radius 2 is 1.80 bits per heavy atom. The smallest absolute Gasteiger partial charge is 0.262 e. The van der Waals surface area contributed by atoms with Crippen molar-refractivity contribution in [2.45, 2.75) is 44.6 Å². The molecule has 1 saturated heterocycles. The summed E-state index contributed by atoms with van der Waals surface area (Å²) in [6.07, 6.45) is -7.22. The van der Waals surface area contributed by atoms with Gasteiger partial charge in [-0.25, -0.2) is 0 Å². The first-order valence-corrected chi connectivity index (χ1v) is 6.35. The number of hydrogen-bond donors (Lipinski definition) is 4. The molecule has 0 amide bonds. The van der Waals surface area contributed by atoms with Crippen molar-refractivity contribution < 1.29 is 35.0 Å². The molecule has 1 heterocycles. The summed E-state index contributed by atoms with van der Waals surface area (Å²) in [4.78, 5) is 4.93. The molecule has 0 saturated carbocycles. The molecule has 0 radical (unpaired) electrons. The Morgan fingerprint density at radius 1 is 1.20 bits per heavy atom. The Kier molecular flexibility index (Phi) is 6.36. The number of aliphatic hydroxyl groups is 4. The second-order valence-corrected chi connectivity index (χ2v) is 4.28. The van der Waals surface area contributed by atoms with E-state index < -0.39 is 37.3 Å². The first-order valence-electron chi connectivity index (χ1n) is 6.35. The monoisotopic (exact) mass is 295 g/mol. The molecule has 0 aromatic heterocycles. The SMILES string of the molecule is CCN(CC)/[N+]([O-])=N/O[C@@H]1O[C@H](CO)[C@@H](O)[C@H](O)[C@H]1O. The third-order valence-electron chi connectivity index (χ3n) is 3.04. The molecule has 1 aliphatic heterocycles. The molecular formula is C10H21N3O7. The van der Waals surface area contributed by atoms with Crippen molar-refractivity contribution in [2.24, 2.45) is 5.28 Å². The van der Waals surface area contributed by atoms with E-state index in [-0.39, 0.29) is 4.97 Å². The van der Waals surface area contributed by atoms with Gasteiger partial charge in [0.25, 0.3) is 6.29 Å². The molecule has 0 aliphatic carbocycles. The third kappa shape index (κ3) is 3.67. The van der Waals surface area contributed by atoms with Crippen molar-refractivity contribution in [3.05, 3.63) is 5.21 Å². The lowest BCUT2D eigenvalue weighted by atomic mass is 9.99. The predicted molar refractivity (Wildman–Crippen MR) is 63.8 cm³/mol. The molecule has 4 N–H and O–H groups in total. The van der Waals surface area contributed by atoms with Crippen LogP contribution in [0.15, 0.2) is 5.28 Å². The fourth-order valence-electron chi connectivity index (χ4n) is 1.76. The van der Waals surface area contributed by atoms with E-state index in [4.69, 9.17) is 14.7 Å². The van der Waals surface area contributed by atoms with E-state index in [0.717, 1.165) is 0 Å². The highest BCUT2D eigenvalue weighted by Gasteiger charge is 2.45. The highest BCUT2D eigenvalue weighted by atomic mass is 16.8. The lowest BCUT2D eigenvalue weighted by molar-refractivity contribution is -0.713. The first-order chi connectivity index (χ1) is 9.46. The van der Waals surface area contributed by atoms with E-state index in [2.05, 4.69) is 5.28 Å². The Morgan fingerprint density at radius 3 is 2.30 bits per heavy atom. The largest absolute Gasteiger partial charge is 0.569 e. The van der Waals surface area contributed by atoms with Crippen LogP contribution in [0, 0.1) is 5.21 Å². The van der Waals surface area contributed by atoms with Gasteiger partial charge in [-0.05, 0) is 13.8 Å². The van der Waals surface area contributed by atoms with Crippen molar-refractivity contribution in [3.63, 3.8) is 0 Å². The lowest BCUT2D eigenvalue weighted by Gasteiger charge is -2.37. The van der Waals surface area contributed by atoms with Gasteiger partial charge in [0.05, 0.1) is 24.7 Å². The molecule has 118 valence electrons. The van der Waals surface area contributed by atoms with Crippen LogP contribution in [0.3, 0.4) is 0 Å². The maximum absolute atomic E-state index is 11.5. The summed E-state index contributed by atoms with van der Waals surface area (Å²) >= 11 is 0. The maximum Gasteiger partial charge on any atom is 0.262 e. The molecule has 1 fully saturated rings. The predicted octanol–water partition coefficient (Wildman–Crippen LogP) is -2.06.